The predicted molar refractivity (Wildman–Crippen MR) is 79.7 cm³/mol. The molecule has 2 aromatic rings. The van der Waals surface area contributed by atoms with E-state index in [-0.39, 0.29) is 5.91 Å². The van der Waals surface area contributed by atoms with Crippen LogP contribution in [-0.4, -0.2) is 46.9 Å². The molecule has 0 N–H and O–H groups in total. The topological polar surface area (TPSA) is 36.4 Å². The first-order chi connectivity index (χ1) is 9.83. The van der Waals surface area contributed by atoms with Crippen molar-refractivity contribution in [3.05, 3.63) is 52.5 Å². The Kier molecular flexibility index (Phi) is 4.08. The van der Waals surface area contributed by atoms with E-state index in [2.05, 4.69) is 27.4 Å². The van der Waals surface area contributed by atoms with Gasteiger partial charge in [0, 0.05) is 55.6 Å². The van der Waals surface area contributed by atoms with Crippen molar-refractivity contribution in [1.29, 1.82) is 0 Å². The third-order valence-corrected chi connectivity index (χ3v) is 4.41. The molecule has 0 aromatic carbocycles. The molecule has 3 rings (SSSR count). The van der Waals surface area contributed by atoms with Crippen molar-refractivity contribution in [3.63, 3.8) is 0 Å². The zero-order valence-electron chi connectivity index (χ0n) is 11.2. The Morgan fingerprint density at radius 2 is 1.90 bits per heavy atom. The fraction of sp³-hybridized carbons (Fsp3) is 0.333. The lowest BCUT2D eigenvalue weighted by Gasteiger charge is -2.34. The summed E-state index contributed by atoms with van der Waals surface area (Å²) in [5, 5.41) is 2.11. The molecule has 104 valence electrons. The van der Waals surface area contributed by atoms with Crippen molar-refractivity contribution in [2.45, 2.75) is 6.54 Å². The molecule has 0 atom stereocenters. The molecule has 0 radical (unpaired) electrons. The number of carbonyl (C=O) groups is 1. The molecule has 0 aliphatic carbocycles. The third kappa shape index (κ3) is 3.05. The quantitative estimate of drug-likeness (QED) is 0.867. The average Bonchev–Trinajstić information content (AvgIpc) is 3.01. The van der Waals surface area contributed by atoms with Crippen LogP contribution in [0.15, 0.2) is 42.0 Å². The zero-order valence-corrected chi connectivity index (χ0v) is 12.1. The number of carbonyl (C=O) groups excluding carboxylic acids is 1. The summed E-state index contributed by atoms with van der Waals surface area (Å²) >= 11 is 1.79. The van der Waals surface area contributed by atoms with Gasteiger partial charge in [-0.1, -0.05) is 6.07 Å². The van der Waals surface area contributed by atoms with Crippen molar-refractivity contribution in [1.82, 2.24) is 14.8 Å². The SMILES string of the molecule is O=C(c1ccncc1)N1CCN(Cc2cccs2)CC1. The highest BCUT2D eigenvalue weighted by molar-refractivity contribution is 7.09. The Labute approximate surface area is 122 Å². The minimum absolute atomic E-state index is 0.114. The summed E-state index contributed by atoms with van der Waals surface area (Å²) < 4.78 is 0. The highest BCUT2D eigenvalue weighted by Gasteiger charge is 2.22. The van der Waals surface area contributed by atoms with Gasteiger partial charge in [-0.3, -0.25) is 14.7 Å². The van der Waals surface area contributed by atoms with Crippen LogP contribution in [0.5, 0.6) is 0 Å². The van der Waals surface area contributed by atoms with Crippen LogP contribution < -0.4 is 0 Å². The van der Waals surface area contributed by atoms with E-state index in [1.807, 2.05) is 4.90 Å². The minimum Gasteiger partial charge on any atom is -0.336 e. The highest BCUT2D eigenvalue weighted by atomic mass is 32.1. The summed E-state index contributed by atoms with van der Waals surface area (Å²) in [4.78, 5) is 22.0. The van der Waals surface area contributed by atoms with E-state index in [4.69, 9.17) is 0 Å². The van der Waals surface area contributed by atoms with Crippen molar-refractivity contribution in [2.24, 2.45) is 0 Å². The second-order valence-electron chi connectivity index (χ2n) is 4.88. The Morgan fingerprint density at radius 1 is 1.15 bits per heavy atom. The summed E-state index contributed by atoms with van der Waals surface area (Å²) in [7, 11) is 0. The fourth-order valence-corrected chi connectivity index (χ4v) is 3.16. The number of rotatable bonds is 3. The first-order valence-electron chi connectivity index (χ1n) is 6.77. The molecule has 0 spiro atoms. The van der Waals surface area contributed by atoms with Crippen molar-refractivity contribution in [3.8, 4) is 0 Å². The second-order valence-corrected chi connectivity index (χ2v) is 5.92. The minimum atomic E-state index is 0.114. The smallest absolute Gasteiger partial charge is 0.254 e. The molecular weight excluding hydrogens is 270 g/mol. The maximum atomic E-state index is 12.3. The molecule has 4 nitrogen and oxygen atoms in total. The lowest BCUT2D eigenvalue weighted by atomic mass is 10.2. The van der Waals surface area contributed by atoms with Crippen molar-refractivity contribution < 1.29 is 4.79 Å². The first kappa shape index (κ1) is 13.3. The zero-order chi connectivity index (χ0) is 13.8. The largest absolute Gasteiger partial charge is 0.336 e. The van der Waals surface area contributed by atoms with Gasteiger partial charge >= 0.3 is 0 Å². The number of nitrogens with zero attached hydrogens (tertiary/aromatic N) is 3. The monoisotopic (exact) mass is 287 g/mol. The molecular formula is C15H17N3OS. The average molecular weight is 287 g/mol. The van der Waals surface area contributed by atoms with Gasteiger partial charge in [0.1, 0.15) is 0 Å². The van der Waals surface area contributed by atoms with Crippen LogP contribution in [0.2, 0.25) is 0 Å². The van der Waals surface area contributed by atoms with E-state index in [1.54, 1.807) is 35.9 Å². The predicted octanol–water partition coefficient (Wildman–Crippen LogP) is 2.10. The molecule has 1 saturated heterocycles. The number of hydrogen-bond acceptors (Lipinski definition) is 4. The summed E-state index contributed by atoms with van der Waals surface area (Å²) in [6, 6.07) is 7.81. The van der Waals surface area contributed by atoms with Gasteiger partial charge in [0.05, 0.1) is 0 Å². The Morgan fingerprint density at radius 3 is 2.55 bits per heavy atom. The molecule has 1 fully saturated rings. The maximum absolute atomic E-state index is 12.3. The molecule has 1 amide bonds. The van der Waals surface area contributed by atoms with Gasteiger partial charge in [0.25, 0.3) is 5.91 Å². The lowest BCUT2D eigenvalue weighted by molar-refractivity contribution is 0.0629. The summed E-state index contributed by atoms with van der Waals surface area (Å²) in [5.74, 6) is 0.114. The van der Waals surface area contributed by atoms with Crippen LogP contribution in [-0.2, 0) is 6.54 Å². The number of piperazine rings is 1. The molecule has 0 saturated carbocycles. The van der Waals surface area contributed by atoms with E-state index in [0.717, 1.165) is 38.3 Å². The van der Waals surface area contributed by atoms with Crippen molar-refractivity contribution >= 4 is 17.2 Å². The first-order valence-corrected chi connectivity index (χ1v) is 7.65. The normalized spacial score (nSPS) is 16.3. The van der Waals surface area contributed by atoms with Gasteiger partial charge in [-0.2, -0.15) is 0 Å². The molecule has 2 aromatic heterocycles. The van der Waals surface area contributed by atoms with Gasteiger partial charge in [-0.05, 0) is 23.6 Å². The standard InChI is InChI=1S/C15H17N3OS/c19-15(13-3-5-16-6-4-13)18-9-7-17(8-10-18)12-14-2-1-11-20-14/h1-6,11H,7-10,12H2. The van der Waals surface area contributed by atoms with Crippen LogP contribution in [0.3, 0.4) is 0 Å². The van der Waals surface area contributed by atoms with E-state index >= 15 is 0 Å². The van der Waals surface area contributed by atoms with E-state index in [1.165, 1.54) is 4.88 Å². The number of pyridine rings is 1. The van der Waals surface area contributed by atoms with Crippen LogP contribution >= 0.6 is 11.3 Å². The number of thiophene rings is 1. The van der Waals surface area contributed by atoms with Crippen LogP contribution in [0, 0.1) is 0 Å². The molecule has 1 aliphatic rings. The summed E-state index contributed by atoms with van der Waals surface area (Å²) in [6.07, 6.45) is 3.33. The van der Waals surface area contributed by atoms with Crippen molar-refractivity contribution in [2.75, 3.05) is 26.2 Å². The van der Waals surface area contributed by atoms with Gasteiger partial charge in [0.15, 0.2) is 0 Å². The lowest BCUT2D eigenvalue weighted by Crippen LogP contribution is -2.48. The molecule has 0 unspecified atom stereocenters. The number of amides is 1. The Hall–Kier alpha value is -1.72. The number of aromatic nitrogens is 1. The molecule has 1 aliphatic heterocycles. The summed E-state index contributed by atoms with van der Waals surface area (Å²) in [6.45, 7) is 4.47. The van der Waals surface area contributed by atoms with E-state index in [0.29, 0.717) is 0 Å². The van der Waals surface area contributed by atoms with Gasteiger partial charge in [-0.15, -0.1) is 11.3 Å². The Balaban J connectivity index is 1.55. The Bertz CT molecular complexity index is 548. The third-order valence-electron chi connectivity index (χ3n) is 3.55. The molecule has 20 heavy (non-hydrogen) atoms. The van der Waals surface area contributed by atoms with Gasteiger partial charge < -0.3 is 4.90 Å². The fourth-order valence-electron chi connectivity index (χ4n) is 2.41. The van der Waals surface area contributed by atoms with Gasteiger partial charge in [0.2, 0.25) is 0 Å². The molecule has 3 heterocycles. The molecule has 5 heteroatoms. The summed E-state index contributed by atoms with van der Waals surface area (Å²) in [5.41, 5.74) is 0.728. The molecule has 0 bridgehead atoms. The number of hydrogen-bond donors (Lipinski definition) is 0. The highest BCUT2D eigenvalue weighted by Crippen LogP contribution is 2.14. The maximum Gasteiger partial charge on any atom is 0.254 e. The van der Waals surface area contributed by atoms with E-state index in [9.17, 15) is 4.79 Å². The van der Waals surface area contributed by atoms with Crippen LogP contribution in [0.25, 0.3) is 0 Å². The van der Waals surface area contributed by atoms with Gasteiger partial charge in [-0.25, -0.2) is 0 Å². The van der Waals surface area contributed by atoms with E-state index < -0.39 is 0 Å². The van der Waals surface area contributed by atoms with Crippen LogP contribution in [0.1, 0.15) is 15.2 Å². The second kappa shape index (κ2) is 6.15. The van der Waals surface area contributed by atoms with Crippen LogP contribution in [0.4, 0.5) is 0 Å².